The van der Waals surface area contributed by atoms with E-state index in [-0.39, 0.29) is 6.10 Å². The average molecular weight is 335 g/mol. The molecule has 1 atom stereocenters. The molecule has 8 heteroatoms. The minimum Gasteiger partial charge on any atom is -0.493 e. The Balaban J connectivity index is 1.81. The monoisotopic (exact) mass is 335 g/mol. The first-order chi connectivity index (χ1) is 11.6. The fourth-order valence-corrected chi connectivity index (χ4v) is 2.24. The molecule has 0 unspecified atom stereocenters. The Hall–Kier alpha value is -2.61. The van der Waals surface area contributed by atoms with Crippen LogP contribution in [0.25, 0.3) is 0 Å². The van der Waals surface area contributed by atoms with Crippen LogP contribution < -0.4 is 20.2 Å². The third kappa shape index (κ3) is 4.95. The predicted molar refractivity (Wildman–Crippen MR) is 87.3 cm³/mol. The maximum Gasteiger partial charge on any atom is 0.329 e. The second kappa shape index (κ2) is 8.88. The predicted octanol–water partition coefficient (Wildman–Crippen LogP) is 0.449. The van der Waals surface area contributed by atoms with Crippen LogP contribution in [0.5, 0.6) is 11.5 Å². The maximum absolute atomic E-state index is 11.6. The molecular weight excluding hydrogens is 314 g/mol. The van der Waals surface area contributed by atoms with Crippen LogP contribution in [-0.2, 0) is 14.3 Å². The Labute approximate surface area is 140 Å². The largest absolute Gasteiger partial charge is 0.493 e. The summed E-state index contributed by atoms with van der Waals surface area (Å²) in [6.45, 7) is 1.02. The van der Waals surface area contributed by atoms with Gasteiger partial charge in [-0.15, -0.1) is 0 Å². The van der Waals surface area contributed by atoms with E-state index in [1.807, 2.05) is 0 Å². The molecule has 0 saturated carbocycles. The van der Waals surface area contributed by atoms with E-state index in [4.69, 9.17) is 14.2 Å². The van der Waals surface area contributed by atoms with Gasteiger partial charge >= 0.3 is 11.8 Å². The second-order valence-corrected chi connectivity index (χ2v) is 5.16. The van der Waals surface area contributed by atoms with Crippen LogP contribution in [-0.4, -0.2) is 51.5 Å². The number of hydrogen-bond acceptors (Lipinski definition) is 6. The Morgan fingerprint density at radius 2 is 2.08 bits per heavy atom. The fraction of sp³-hybridized carbons (Fsp3) is 0.438. The number of carbonyl (C=O) groups excluding carboxylic acids is 2. The lowest BCUT2D eigenvalue weighted by atomic mass is 10.2. The van der Waals surface area contributed by atoms with E-state index >= 15 is 0 Å². The van der Waals surface area contributed by atoms with Crippen molar-refractivity contribution < 1.29 is 23.8 Å². The maximum atomic E-state index is 11.6. The van der Waals surface area contributed by atoms with Crippen LogP contribution in [0.2, 0.25) is 0 Å². The van der Waals surface area contributed by atoms with E-state index < -0.39 is 11.8 Å². The highest BCUT2D eigenvalue weighted by Crippen LogP contribution is 2.26. The number of rotatable bonds is 6. The highest BCUT2D eigenvalue weighted by molar-refractivity contribution is 6.35. The van der Waals surface area contributed by atoms with Crippen LogP contribution >= 0.6 is 0 Å². The van der Waals surface area contributed by atoms with E-state index in [0.717, 1.165) is 12.8 Å². The van der Waals surface area contributed by atoms with E-state index in [1.54, 1.807) is 25.3 Å². The number of nitrogens with one attached hydrogen (secondary N) is 2. The van der Waals surface area contributed by atoms with Gasteiger partial charge in [-0.2, -0.15) is 5.10 Å². The molecule has 8 nitrogen and oxygen atoms in total. The molecule has 2 rings (SSSR count). The molecule has 2 N–H and O–H groups in total. The minimum atomic E-state index is -0.829. The van der Waals surface area contributed by atoms with Gasteiger partial charge < -0.3 is 19.5 Å². The molecule has 0 spiro atoms. The van der Waals surface area contributed by atoms with E-state index in [2.05, 4.69) is 15.8 Å². The van der Waals surface area contributed by atoms with Crippen LogP contribution in [0.4, 0.5) is 0 Å². The minimum absolute atomic E-state index is 0.0167. The van der Waals surface area contributed by atoms with Gasteiger partial charge in [0.15, 0.2) is 11.5 Å². The zero-order chi connectivity index (χ0) is 17.4. The van der Waals surface area contributed by atoms with Gasteiger partial charge in [-0.1, -0.05) is 0 Å². The standard InChI is InChI=1S/C16H21N3O5/c1-22-13-6-5-11(8-14(13)23-2)9-18-19-16(21)15(20)17-10-12-4-3-7-24-12/h5-6,8-9,12H,3-4,7,10H2,1-2H3,(H,17,20)(H,19,21)/b18-9-/t12-/m1/s1. The Morgan fingerprint density at radius 3 is 2.75 bits per heavy atom. The quantitative estimate of drug-likeness (QED) is 0.447. The van der Waals surface area contributed by atoms with E-state index in [0.29, 0.717) is 30.2 Å². The molecule has 0 aromatic heterocycles. The van der Waals surface area contributed by atoms with Gasteiger partial charge in [0.05, 0.1) is 26.5 Å². The van der Waals surface area contributed by atoms with Gasteiger partial charge in [-0.3, -0.25) is 9.59 Å². The molecule has 0 bridgehead atoms. The van der Waals surface area contributed by atoms with Crippen molar-refractivity contribution in [3.05, 3.63) is 23.8 Å². The van der Waals surface area contributed by atoms with Crippen LogP contribution in [0, 0.1) is 0 Å². The topological polar surface area (TPSA) is 98.2 Å². The molecule has 1 aliphatic rings. The van der Waals surface area contributed by atoms with Crippen molar-refractivity contribution in [3.63, 3.8) is 0 Å². The van der Waals surface area contributed by atoms with Crippen molar-refractivity contribution in [1.29, 1.82) is 0 Å². The number of carbonyl (C=O) groups is 2. The van der Waals surface area contributed by atoms with Crippen molar-refractivity contribution >= 4 is 18.0 Å². The van der Waals surface area contributed by atoms with Crippen molar-refractivity contribution in [2.24, 2.45) is 5.10 Å². The smallest absolute Gasteiger partial charge is 0.329 e. The number of hydrogen-bond donors (Lipinski definition) is 2. The zero-order valence-corrected chi connectivity index (χ0v) is 13.7. The first-order valence-electron chi connectivity index (χ1n) is 7.59. The Morgan fingerprint density at radius 1 is 1.29 bits per heavy atom. The molecule has 0 radical (unpaired) electrons. The summed E-state index contributed by atoms with van der Waals surface area (Å²) in [4.78, 5) is 23.3. The second-order valence-electron chi connectivity index (χ2n) is 5.16. The van der Waals surface area contributed by atoms with Crippen LogP contribution in [0.15, 0.2) is 23.3 Å². The molecular formula is C16H21N3O5. The van der Waals surface area contributed by atoms with Gasteiger partial charge in [0, 0.05) is 13.2 Å². The zero-order valence-electron chi connectivity index (χ0n) is 13.7. The van der Waals surface area contributed by atoms with Crippen LogP contribution in [0.3, 0.4) is 0 Å². The molecule has 130 valence electrons. The molecule has 1 aromatic carbocycles. The summed E-state index contributed by atoms with van der Waals surface area (Å²) in [5.74, 6) is -0.436. The van der Waals surface area contributed by atoms with Crippen molar-refractivity contribution in [1.82, 2.24) is 10.7 Å². The summed E-state index contributed by atoms with van der Waals surface area (Å²) in [7, 11) is 3.07. The molecule has 1 saturated heterocycles. The molecule has 1 aromatic rings. The first kappa shape index (κ1) is 17.7. The fourth-order valence-electron chi connectivity index (χ4n) is 2.24. The number of ether oxygens (including phenoxy) is 3. The van der Waals surface area contributed by atoms with Crippen molar-refractivity contribution in [2.45, 2.75) is 18.9 Å². The molecule has 24 heavy (non-hydrogen) atoms. The third-order valence-corrected chi connectivity index (χ3v) is 3.51. The highest BCUT2D eigenvalue weighted by atomic mass is 16.5. The molecule has 1 aliphatic heterocycles. The summed E-state index contributed by atoms with van der Waals surface area (Å²) >= 11 is 0. The summed E-state index contributed by atoms with van der Waals surface area (Å²) in [6.07, 6.45) is 3.26. The molecule has 2 amide bonds. The SMILES string of the molecule is COc1ccc(/C=N\NC(=O)C(=O)NC[C@H]2CCCO2)cc1OC. The van der Waals surface area contributed by atoms with Crippen LogP contribution in [0.1, 0.15) is 18.4 Å². The van der Waals surface area contributed by atoms with Gasteiger partial charge in [-0.05, 0) is 36.6 Å². The average Bonchev–Trinajstić information content (AvgIpc) is 3.12. The molecule has 1 fully saturated rings. The van der Waals surface area contributed by atoms with E-state index in [9.17, 15) is 9.59 Å². The number of nitrogens with zero attached hydrogens (tertiary/aromatic N) is 1. The number of benzene rings is 1. The van der Waals surface area contributed by atoms with Crippen molar-refractivity contribution in [3.8, 4) is 11.5 Å². The van der Waals surface area contributed by atoms with Gasteiger partial charge in [-0.25, -0.2) is 5.43 Å². The highest BCUT2D eigenvalue weighted by Gasteiger charge is 2.18. The van der Waals surface area contributed by atoms with E-state index in [1.165, 1.54) is 13.3 Å². The summed E-state index contributed by atoms with van der Waals surface area (Å²) < 4.78 is 15.7. The van der Waals surface area contributed by atoms with Gasteiger partial charge in [0.2, 0.25) is 0 Å². The Bertz CT molecular complexity index is 612. The number of hydrazone groups is 1. The molecule has 0 aliphatic carbocycles. The normalized spacial score (nSPS) is 16.8. The summed E-state index contributed by atoms with van der Waals surface area (Å²) in [6, 6.07) is 5.16. The number of amides is 2. The third-order valence-electron chi connectivity index (χ3n) is 3.51. The Kier molecular flexibility index (Phi) is 6.56. The summed E-state index contributed by atoms with van der Waals surface area (Å²) in [5.41, 5.74) is 2.87. The van der Waals surface area contributed by atoms with Crippen molar-refractivity contribution in [2.75, 3.05) is 27.4 Å². The first-order valence-corrected chi connectivity index (χ1v) is 7.59. The molecule has 1 heterocycles. The lowest BCUT2D eigenvalue weighted by molar-refractivity contribution is -0.139. The lowest BCUT2D eigenvalue weighted by Crippen LogP contribution is -2.41. The lowest BCUT2D eigenvalue weighted by Gasteiger charge is -2.09. The number of methoxy groups -OCH3 is 2. The summed E-state index contributed by atoms with van der Waals surface area (Å²) in [5, 5.41) is 6.28. The van der Waals surface area contributed by atoms with Gasteiger partial charge in [0.1, 0.15) is 0 Å². The van der Waals surface area contributed by atoms with Gasteiger partial charge in [0.25, 0.3) is 0 Å².